The van der Waals surface area contributed by atoms with Crippen LogP contribution in [-0.2, 0) is 19.7 Å². The van der Waals surface area contributed by atoms with Gasteiger partial charge in [-0.2, -0.15) is 0 Å². The van der Waals surface area contributed by atoms with Crippen LogP contribution in [0.5, 0.6) is 0 Å². The van der Waals surface area contributed by atoms with Crippen molar-refractivity contribution < 1.29 is 19.4 Å². The molecule has 24 heavy (non-hydrogen) atoms. The molecule has 2 aromatic rings. The third-order valence-electron chi connectivity index (χ3n) is 3.98. The number of amides is 1. The number of nitrogens with one attached hydrogen (secondary N) is 1. The van der Waals surface area contributed by atoms with E-state index in [4.69, 9.17) is 4.74 Å². The van der Waals surface area contributed by atoms with Crippen molar-refractivity contribution in [2.75, 3.05) is 12.4 Å². The van der Waals surface area contributed by atoms with E-state index in [2.05, 4.69) is 5.32 Å². The van der Waals surface area contributed by atoms with Crippen molar-refractivity contribution >= 4 is 17.6 Å². The van der Waals surface area contributed by atoms with Gasteiger partial charge in [0.25, 0.3) is 5.91 Å². The monoisotopic (exact) mass is 327 g/mol. The van der Waals surface area contributed by atoms with Crippen LogP contribution in [0, 0.1) is 0 Å². The van der Waals surface area contributed by atoms with Crippen molar-refractivity contribution in [2.24, 2.45) is 0 Å². The minimum Gasteiger partial charge on any atom is -0.481 e. The maximum Gasteiger partial charge on any atom is 0.313 e. The molecule has 5 nitrogen and oxygen atoms in total. The normalized spacial score (nSPS) is 12.5. The maximum absolute atomic E-state index is 12.4. The van der Waals surface area contributed by atoms with Gasteiger partial charge in [-0.15, -0.1) is 0 Å². The van der Waals surface area contributed by atoms with Crippen molar-refractivity contribution in [3.63, 3.8) is 0 Å². The first-order valence-corrected chi connectivity index (χ1v) is 7.59. The highest BCUT2D eigenvalue weighted by Gasteiger charge is 2.29. The minimum atomic E-state index is -0.984. The lowest BCUT2D eigenvalue weighted by atomic mass is 9.85. The van der Waals surface area contributed by atoms with Crippen LogP contribution in [0.3, 0.4) is 0 Å². The Morgan fingerprint density at radius 2 is 1.62 bits per heavy atom. The average Bonchev–Trinajstić information content (AvgIpc) is 2.57. The summed E-state index contributed by atoms with van der Waals surface area (Å²) in [5, 5.41) is 12.0. The van der Waals surface area contributed by atoms with Gasteiger partial charge in [0.1, 0.15) is 0 Å². The predicted molar refractivity (Wildman–Crippen MR) is 91.9 cm³/mol. The summed E-state index contributed by atoms with van der Waals surface area (Å²) in [6, 6.07) is 16.0. The zero-order chi connectivity index (χ0) is 17.7. The summed E-state index contributed by atoms with van der Waals surface area (Å²) in [6.45, 7) is 3.28. The van der Waals surface area contributed by atoms with E-state index in [0.29, 0.717) is 11.3 Å². The van der Waals surface area contributed by atoms with Crippen LogP contribution >= 0.6 is 0 Å². The first-order valence-electron chi connectivity index (χ1n) is 7.59. The van der Waals surface area contributed by atoms with Crippen LogP contribution in [0.15, 0.2) is 54.6 Å². The number of hydrogen-bond acceptors (Lipinski definition) is 3. The van der Waals surface area contributed by atoms with E-state index in [1.807, 2.05) is 30.3 Å². The highest BCUT2D eigenvalue weighted by atomic mass is 16.5. The maximum atomic E-state index is 12.4. The van der Waals surface area contributed by atoms with Crippen LogP contribution in [0.1, 0.15) is 31.1 Å². The van der Waals surface area contributed by atoms with Crippen molar-refractivity contribution in [1.82, 2.24) is 0 Å². The van der Waals surface area contributed by atoms with E-state index in [9.17, 15) is 14.7 Å². The Balaban J connectivity index is 2.13. The summed E-state index contributed by atoms with van der Waals surface area (Å²) in [6.07, 6.45) is -0.707. The Morgan fingerprint density at radius 1 is 1.04 bits per heavy atom. The molecule has 0 unspecified atom stereocenters. The number of ether oxygens (including phenoxy) is 1. The van der Waals surface area contributed by atoms with Crippen molar-refractivity contribution in [2.45, 2.75) is 25.4 Å². The third-order valence-corrected chi connectivity index (χ3v) is 3.98. The fraction of sp³-hybridized carbons (Fsp3) is 0.263. The van der Waals surface area contributed by atoms with E-state index in [1.165, 1.54) is 7.11 Å². The number of carboxylic acids is 1. The van der Waals surface area contributed by atoms with Crippen molar-refractivity contribution in [3.05, 3.63) is 65.7 Å². The van der Waals surface area contributed by atoms with Gasteiger partial charge in [-0.3, -0.25) is 9.59 Å². The summed E-state index contributed by atoms with van der Waals surface area (Å²) in [5.74, 6) is -1.18. The SMILES string of the molecule is CO[C@@H](C(=O)Nc1ccc(C(C)(C)C(=O)O)cc1)c1ccccc1. The summed E-state index contributed by atoms with van der Waals surface area (Å²) in [5.41, 5.74) is 1.03. The largest absolute Gasteiger partial charge is 0.481 e. The van der Waals surface area contributed by atoms with Crippen LogP contribution in [0.2, 0.25) is 0 Å². The molecule has 0 spiro atoms. The molecule has 0 saturated heterocycles. The smallest absolute Gasteiger partial charge is 0.313 e. The summed E-state index contributed by atoms with van der Waals surface area (Å²) >= 11 is 0. The summed E-state index contributed by atoms with van der Waals surface area (Å²) in [7, 11) is 1.48. The van der Waals surface area contributed by atoms with Gasteiger partial charge in [0, 0.05) is 12.8 Å². The van der Waals surface area contributed by atoms with Crippen LogP contribution in [-0.4, -0.2) is 24.1 Å². The zero-order valence-corrected chi connectivity index (χ0v) is 13.9. The lowest BCUT2D eigenvalue weighted by molar-refractivity contribution is -0.142. The number of benzene rings is 2. The molecule has 126 valence electrons. The van der Waals surface area contributed by atoms with Gasteiger partial charge < -0.3 is 15.2 Å². The number of aliphatic carboxylic acids is 1. The molecular formula is C19H21NO4. The van der Waals surface area contributed by atoms with Gasteiger partial charge in [0.2, 0.25) is 0 Å². The molecule has 1 amide bonds. The van der Waals surface area contributed by atoms with Gasteiger partial charge in [-0.05, 0) is 37.1 Å². The molecule has 0 aromatic heterocycles. The molecular weight excluding hydrogens is 306 g/mol. The summed E-state index contributed by atoms with van der Waals surface area (Å²) < 4.78 is 5.29. The van der Waals surface area contributed by atoms with Crippen molar-refractivity contribution in [3.8, 4) is 0 Å². The Morgan fingerprint density at radius 3 is 2.12 bits per heavy atom. The van der Waals surface area contributed by atoms with E-state index in [0.717, 1.165) is 5.56 Å². The molecule has 0 saturated carbocycles. The Hall–Kier alpha value is -2.66. The molecule has 0 bridgehead atoms. The molecule has 2 rings (SSSR count). The van der Waals surface area contributed by atoms with Gasteiger partial charge in [-0.25, -0.2) is 0 Å². The number of anilines is 1. The van der Waals surface area contributed by atoms with Crippen LogP contribution < -0.4 is 5.32 Å². The molecule has 1 atom stereocenters. The molecule has 0 aliphatic rings. The molecule has 0 fully saturated rings. The minimum absolute atomic E-state index is 0.283. The fourth-order valence-corrected chi connectivity index (χ4v) is 2.32. The standard InChI is InChI=1S/C19H21NO4/c1-19(2,18(22)23)14-9-11-15(12-10-14)20-17(21)16(24-3)13-7-5-4-6-8-13/h4-12,16H,1-3H3,(H,20,21)(H,22,23)/t16-/m1/s1. The second kappa shape index (κ2) is 7.27. The van der Waals surface area contributed by atoms with E-state index in [1.54, 1.807) is 38.1 Å². The van der Waals surface area contributed by atoms with E-state index >= 15 is 0 Å². The number of carbonyl (C=O) groups is 2. The van der Waals surface area contributed by atoms with E-state index < -0.39 is 17.5 Å². The topological polar surface area (TPSA) is 75.6 Å². The molecule has 0 heterocycles. The second-order valence-electron chi connectivity index (χ2n) is 6.02. The molecule has 2 N–H and O–H groups in total. The Labute approximate surface area is 141 Å². The van der Waals surface area contributed by atoms with Gasteiger partial charge in [0.05, 0.1) is 5.41 Å². The van der Waals surface area contributed by atoms with Crippen LogP contribution in [0.4, 0.5) is 5.69 Å². The molecule has 0 aliphatic heterocycles. The number of hydrogen-bond donors (Lipinski definition) is 2. The number of carbonyl (C=O) groups excluding carboxylic acids is 1. The van der Waals surface area contributed by atoms with Gasteiger partial charge in [-0.1, -0.05) is 42.5 Å². The number of methoxy groups -OCH3 is 1. The lowest BCUT2D eigenvalue weighted by Gasteiger charge is -2.20. The first kappa shape index (κ1) is 17.7. The molecule has 5 heteroatoms. The quantitative estimate of drug-likeness (QED) is 0.853. The van der Waals surface area contributed by atoms with Gasteiger partial charge >= 0.3 is 5.97 Å². The second-order valence-corrected chi connectivity index (χ2v) is 6.02. The lowest BCUT2D eigenvalue weighted by Crippen LogP contribution is -2.28. The molecule has 0 radical (unpaired) electrons. The molecule has 0 aliphatic carbocycles. The number of carboxylic acid groups (broad SMARTS) is 1. The summed E-state index contributed by atoms with van der Waals surface area (Å²) in [4.78, 5) is 23.7. The first-order chi connectivity index (χ1) is 11.4. The fourth-order valence-electron chi connectivity index (χ4n) is 2.32. The molecule has 2 aromatic carbocycles. The Bertz CT molecular complexity index is 708. The van der Waals surface area contributed by atoms with Gasteiger partial charge in [0.15, 0.2) is 6.10 Å². The highest BCUT2D eigenvalue weighted by molar-refractivity contribution is 5.95. The Kier molecular flexibility index (Phi) is 5.36. The zero-order valence-electron chi connectivity index (χ0n) is 13.9. The average molecular weight is 327 g/mol. The van der Waals surface area contributed by atoms with Crippen LogP contribution in [0.25, 0.3) is 0 Å². The predicted octanol–water partition coefficient (Wildman–Crippen LogP) is 3.38. The number of rotatable bonds is 6. The van der Waals surface area contributed by atoms with Crippen molar-refractivity contribution in [1.29, 1.82) is 0 Å². The van der Waals surface area contributed by atoms with E-state index in [-0.39, 0.29) is 5.91 Å². The third kappa shape index (κ3) is 3.81. The highest BCUT2D eigenvalue weighted by Crippen LogP contribution is 2.25.